The quantitative estimate of drug-likeness (QED) is 0.368. The molecule has 1 aromatic carbocycles. The predicted octanol–water partition coefficient (Wildman–Crippen LogP) is 5.22. The average Bonchev–Trinajstić information content (AvgIpc) is 3.72. The number of likely N-dealkylation sites (tertiary alicyclic amines) is 1. The number of sulfonamides is 1. The zero-order chi connectivity index (χ0) is 28.6. The highest BCUT2D eigenvalue weighted by Gasteiger charge is 2.29. The molecule has 0 unspecified atom stereocenters. The Labute approximate surface area is 238 Å². The number of aryl methyl sites for hydroxylation is 1. The Morgan fingerprint density at radius 3 is 2.08 bits per heavy atom. The molecule has 0 spiro atoms. The number of carbonyl (C=O) groups excluding carboxylic acids is 1. The molecule has 0 radical (unpaired) electrons. The number of carbonyl (C=O) groups is 1. The molecule has 3 aliphatic rings. The monoisotopic (exact) mass is 563 g/mol. The van der Waals surface area contributed by atoms with Crippen molar-refractivity contribution in [3.8, 4) is 5.75 Å². The first kappa shape index (κ1) is 32.0. The zero-order valence-corrected chi connectivity index (χ0v) is 26.1. The number of ether oxygens (including phenoxy) is 1. The van der Waals surface area contributed by atoms with Crippen molar-refractivity contribution in [1.82, 2.24) is 14.1 Å². The van der Waals surface area contributed by atoms with Crippen molar-refractivity contribution in [3.05, 3.63) is 23.8 Å². The van der Waals surface area contributed by atoms with Crippen LogP contribution in [0.3, 0.4) is 0 Å². The Bertz CT molecular complexity index is 1010. The van der Waals surface area contributed by atoms with Gasteiger partial charge in [-0.3, -0.25) is 4.79 Å². The summed E-state index contributed by atoms with van der Waals surface area (Å²) in [6.07, 6.45) is 11.9. The van der Waals surface area contributed by atoms with Crippen LogP contribution in [0.15, 0.2) is 23.1 Å². The Balaban J connectivity index is 0.000000216. The number of nitrogens with zero attached hydrogens (tertiary/aromatic N) is 3. The van der Waals surface area contributed by atoms with E-state index in [0.717, 1.165) is 23.8 Å². The molecule has 1 heterocycles. The van der Waals surface area contributed by atoms with Gasteiger partial charge in [-0.1, -0.05) is 6.92 Å². The second-order valence-electron chi connectivity index (χ2n) is 12.5. The third kappa shape index (κ3) is 10.1. The highest BCUT2D eigenvalue weighted by atomic mass is 32.2. The van der Waals surface area contributed by atoms with Crippen molar-refractivity contribution < 1.29 is 17.9 Å². The van der Waals surface area contributed by atoms with Gasteiger partial charge in [0.25, 0.3) is 0 Å². The number of rotatable bonds is 11. The Hall–Kier alpha value is -1.48. The van der Waals surface area contributed by atoms with Gasteiger partial charge in [-0.05, 0) is 127 Å². The molecule has 0 amide bonds. The molecule has 39 heavy (non-hydrogen) atoms. The zero-order valence-electron chi connectivity index (χ0n) is 25.3. The van der Waals surface area contributed by atoms with Gasteiger partial charge in [-0.2, -0.15) is 0 Å². The van der Waals surface area contributed by atoms with E-state index in [2.05, 4.69) is 23.8 Å². The summed E-state index contributed by atoms with van der Waals surface area (Å²) in [7, 11) is 1.78. The number of benzene rings is 1. The molecule has 2 saturated carbocycles. The molecule has 7 nitrogen and oxygen atoms in total. The minimum Gasteiger partial charge on any atom is -0.497 e. The summed E-state index contributed by atoms with van der Waals surface area (Å²) < 4.78 is 30.9. The Morgan fingerprint density at radius 1 is 0.974 bits per heavy atom. The van der Waals surface area contributed by atoms with Gasteiger partial charge in [-0.25, -0.2) is 12.7 Å². The van der Waals surface area contributed by atoms with E-state index < -0.39 is 10.0 Å². The molecule has 3 fully saturated rings. The highest BCUT2D eigenvalue weighted by molar-refractivity contribution is 7.89. The van der Waals surface area contributed by atoms with Gasteiger partial charge in [0, 0.05) is 39.1 Å². The fourth-order valence-corrected chi connectivity index (χ4v) is 7.38. The normalized spacial score (nSPS) is 23.0. The lowest BCUT2D eigenvalue weighted by Gasteiger charge is -2.41. The van der Waals surface area contributed by atoms with Crippen LogP contribution in [0.1, 0.15) is 77.2 Å². The third-order valence-electron chi connectivity index (χ3n) is 8.84. The first-order chi connectivity index (χ1) is 18.5. The van der Waals surface area contributed by atoms with Crippen LogP contribution in [0.2, 0.25) is 0 Å². The maximum atomic E-state index is 12.3. The topological polar surface area (TPSA) is 70.2 Å². The summed E-state index contributed by atoms with van der Waals surface area (Å²) in [6.45, 7) is 11.2. The number of piperidine rings is 1. The average molecular weight is 564 g/mol. The molecule has 1 aromatic rings. The van der Waals surface area contributed by atoms with Crippen molar-refractivity contribution >= 4 is 15.8 Å². The van der Waals surface area contributed by atoms with Gasteiger partial charge in [0.05, 0.1) is 12.0 Å². The van der Waals surface area contributed by atoms with Crippen LogP contribution in [0, 0.1) is 24.7 Å². The van der Waals surface area contributed by atoms with Crippen LogP contribution in [0.4, 0.5) is 0 Å². The molecular weight excluding hydrogens is 510 g/mol. The van der Waals surface area contributed by atoms with Crippen molar-refractivity contribution in [2.75, 3.05) is 53.9 Å². The largest absolute Gasteiger partial charge is 0.497 e. The predicted molar refractivity (Wildman–Crippen MR) is 159 cm³/mol. The van der Waals surface area contributed by atoms with Crippen LogP contribution in [0.5, 0.6) is 5.75 Å². The molecule has 8 heteroatoms. The van der Waals surface area contributed by atoms with Gasteiger partial charge < -0.3 is 14.5 Å². The number of ketones is 1. The van der Waals surface area contributed by atoms with E-state index in [1.54, 1.807) is 19.1 Å². The molecular formula is C31H53N3O4S. The van der Waals surface area contributed by atoms with Crippen LogP contribution >= 0.6 is 0 Å². The van der Waals surface area contributed by atoms with Gasteiger partial charge >= 0.3 is 0 Å². The van der Waals surface area contributed by atoms with Crippen molar-refractivity contribution in [3.63, 3.8) is 0 Å². The SMILES string of the molecule is CC1CCC(N2CCC(CN(C)CC3CC3)CC2)CC1.COc1ccc(S(=O)(=O)N(C)CCC(C)=O)c(C)c1. The minimum absolute atomic E-state index is 0.0338. The summed E-state index contributed by atoms with van der Waals surface area (Å²) in [4.78, 5) is 16.6. The second-order valence-corrected chi connectivity index (χ2v) is 14.5. The van der Waals surface area contributed by atoms with Gasteiger partial charge in [-0.15, -0.1) is 0 Å². The summed E-state index contributed by atoms with van der Waals surface area (Å²) in [5, 5.41) is 0. The molecule has 0 bridgehead atoms. The van der Waals surface area contributed by atoms with Crippen LogP contribution in [0.25, 0.3) is 0 Å². The Morgan fingerprint density at radius 2 is 1.56 bits per heavy atom. The molecule has 0 N–H and O–H groups in total. The molecule has 4 rings (SSSR count). The second kappa shape index (κ2) is 14.9. The lowest BCUT2D eigenvalue weighted by atomic mass is 9.85. The summed E-state index contributed by atoms with van der Waals surface area (Å²) in [5.74, 6) is 3.58. The number of Topliss-reactive ketones (excluding diaryl/α,β-unsaturated/α-hetero) is 1. The fourth-order valence-electron chi connectivity index (χ4n) is 6.01. The van der Waals surface area contributed by atoms with Crippen LogP contribution in [-0.2, 0) is 14.8 Å². The van der Waals surface area contributed by atoms with E-state index >= 15 is 0 Å². The van der Waals surface area contributed by atoms with Crippen molar-refractivity contribution in [2.45, 2.75) is 89.5 Å². The standard InChI is InChI=1S/C18H34N2.C13H19NO4S/c1-15-3-7-18(8-4-15)20-11-9-17(10-12-20)14-19(2)13-16-5-6-16;1-10-9-12(18-4)5-6-13(10)19(16,17)14(3)8-7-11(2)15/h15-18H,3-14H2,1-2H3;5-6,9H,7-8H2,1-4H3. The minimum atomic E-state index is -3.56. The van der Waals surface area contributed by atoms with Gasteiger partial charge in [0.15, 0.2) is 0 Å². The fraction of sp³-hybridized carbons (Fsp3) is 0.774. The van der Waals surface area contributed by atoms with Crippen LogP contribution < -0.4 is 4.74 Å². The van der Waals surface area contributed by atoms with Crippen LogP contribution in [-0.4, -0.2) is 88.3 Å². The maximum Gasteiger partial charge on any atom is 0.243 e. The number of methoxy groups -OCH3 is 1. The van der Waals surface area contributed by atoms with Crippen molar-refractivity contribution in [1.29, 1.82) is 0 Å². The maximum absolute atomic E-state index is 12.3. The first-order valence-corrected chi connectivity index (χ1v) is 16.5. The van der Waals surface area contributed by atoms with E-state index in [9.17, 15) is 13.2 Å². The number of hydrogen-bond acceptors (Lipinski definition) is 6. The van der Waals surface area contributed by atoms with Gasteiger partial charge in [0.1, 0.15) is 11.5 Å². The summed E-state index contributed by atoms with van der Waals surface area (Å²) in [5.41, 5.74) is 0.619. The third-order valence-corrected chi connectivity index (χ3v) is 10.9. The van der Waals surface area contributed by atoms with E-state index in [4.69, 9.17) is 4.74 Å². The molecule has 0 atom stereocenters. The molecule has 1 saturated heterocycles. The number of hydrogen-bond donors (Lipinski definition) is 0. The molecule has 0 aromatic heterocycles. The lowest BCUT2D eigenvalue weighted by Crippen LogP contribution is -2.44. The highest BCUT2D eigenvalue weighted by Crippen LogP contribution is 2.32. The van der Waals surface area contributed by atoms with E-state index in [-0.39, 0.29) is 23.6 Å². The van der Waals surface area contributed by atoms with Gasteiger partial charge in [0.2, 0.25) is 10.0 Å². The van der Waals surface area contributed by atoms with Crippen molar-refractivity contribution in [2.24, 2.45) is 17.8 Å². The lowest BCUT2D eigenvalue weighted by molar-refractivity contribution is -0.117. The molecule has 1 aliphatic heterocycles. The summed E-state index contributed by atoms with van der Waals surface area (Å²) >= 11 is 0. The Kier molecular flexibility index (Phi) is 12.3. The smallest absolute Gasteiger partial charge is 0.243 e. The molecule has 2 aliphatic carbocycles. The van der Waals surface area contributed by atoms with E-state index in [0.29, 0.717) is 11.3 Å². The summed E-state index contributed by atoms with van der Waals surface area (Å²) in [6, 6.07) is 5.73. The van der Waals surface area contributed by atoms with E-state index in [1.807, 2.05) is 0 Å². The first-order valence-electron chi connectivity index (χ1n) is 15.0. The van der Waals surface area contributed by atoms with E-state index in [1.165, 1.54) is 109 Å². The molecule has 222 valence electrons.